The highest BCUT2D eigenvalue weighted by Crippen LogP contribution is 2.06. The fourth-order valence-electron chi connectivity index (χ4n) is 1.89. The number of pyridine rings is 1. The van der Waals surface area contributed by atoms with Gasteiger partial charge in [-0.1, -0.05) is 24.3 Å². The largest absolute Gasteiger partial charge is 0.348 e. The minimum atomic E-state index is -0.525. The van der Waals surface area contributed by atoms with Gasteiger partial charge in [0, 0.05) is 6.20 Å². The molecule has 0 aliphatic heterocycles. The molecule has 22 heavy (non-hydrogen) atoms. The molecule has 1 aromatic carbocycles. The van der Waals surface area contributed by atoms with Crippen LogP contribution in [0.2, 0.25) is 0 Å². The predicted molar refractivity (Wildman–Crippen MR) is 81.1 cm³/mol. The number of aromatic amines is 1. The second-order valence-corrected chi connectivity index (χ2v) is 4.70. The third kappa shape index (κ3) is 2.78. The summed E-state index contributed by atoms with van der Waals surface area (Å²) >= 11 is 0. The Hall–Kier alpha value is -3.22. The average Bonchev–Trinajstić information content (AvgIpc) is 2.92. The number of benzene rings is 1. The summed E-state index contributed by atoms with van der Waals surface area (Å²) in [6.07, 6.45) is 1.64. The molecule has 2 aromatic heterocycles. The van der Waals surface area contributed by atoms with E-state index in [4.69, 9.17) is 0 Å². The van der Waals surface area contributed by atoms with Gasteiger partial charge in [-0.25, -0.2) is 9.78 Å². The molecule has 3 aromatic rings. The van der Waals surface area contributed by atoms with E-state index in [-0.39, 0.29) is 5.82 Å². The summed E-state index contributed by atoms with van der Waals surface area (Å²) in [5.74, 6) is -0.204. The van der Waals surface area contributed by atoms with Crippen LogP contribution in [0.1, 0.15) is 16.2 Å². The van der Waals surface area contributed by atoms with Gasteiger partial charge in [0.15, 0.2) is 0 Å². The number of nitrogens with one attached hydrogen (secondary N) is 2. The van der Waals surface area contributed by atoms with Crippen molar-refractivity contribution >= 4 is 11.7 Å². The quantitative estimate of drug-likeness (QED) is 0.766. The summed E-state index contributed by atoms with van der Waals surface area (Å²) in [5.41, 5.74) is 1.09. The highest BCUT2D eigenvalue weighted by atomic mass is 16.2. The maximum Gasteiger partial charge on any atom is 0.348 e. The van der Waals surface area contributed by atoms with Crippen molar-refractivity contribution in [2.24, 2.45) is 0 Å². The fourth-order valence-corrected chi connectivity index (χ4v) is 1.89. The van der Waals surface area contributed by atoms with E-state index in [0.717, 1.165) is 10.2 Å². The zero-order valence-corrected chi connectivity index (χ0v) is 11.8. The number of aromatic nitrogens is 4. The number of anilines is 1. The normalized spacial score (nSPS) is 10.4. The number of nitrogens with zero attached hydrogens (tertiary/aromatic N) is 3. The third-order valence-electron chi connectivity index (χ3n) is 2.99. The zero-order chi connectivity index (χ0) is 15.5. The number of amides is 1. The Bertz CT molecular complexity index is 850. The maximum atomic E-state index is 12.1. The minimum Gasteiger partial charge on any atom is -0.304 e. The first-order valence-electron chi connectivity index (χ1n) is 6.62. The molecule has 0 spiro atoms. The molecular weight excluding hydrogens is 282 g/mol. The van der Waals surface area contributed by atoms with Crippen LogP contribution in [0.25, 0.3) is 5.69 Å². The zero-order valence-electron chi connectivity index (χ0n) is 11.8. The van der Waals surface area contributed by atoms with Crippen LogP contribution in [0.3, 0.4) is 0 Å². The maximum absolute atomic E-state index is 12.1. The van der Waals surface area contributed by atoms with Crippen LogP contribution < -0.4 is 11.0 Å². The molecule has 110 valence electrons. The molecule has 0 radical (unpaired) electrons. The lowest BCUT2D eigenvalue weighted by atomic mass is 10.3. The molecule has 0 atom stereocenters. The van der Waals surface area contributed by atoms with Gasteiger partial charge in [0.1, 0.15) is 5.82 Å². The van der Waals surface area contributed by atoms with Gasteiger partial charge < -0.3 is 5.32 Å². The first kappa shape index (κ1) is 13.7. The van der Waals surface area contributed by atoms with E-state index >= 15 is 0 Å². The van der Waals surface area contributed by atoms with Gasteiger partial charge in [0.2, 0.25) is 5.82 Å². The topological polar surface area (TPSA) is 92.7 Å². The lowest BCUT2D eigenvalue weighted by molar-refractivity contribution is 0.101. The van der Waals surface area contributed by atoms with E-state index in [0.29, 0.717) is 11.5 Å². The number of para-hydroxylation sites is 1. The molecule has 1 amide bonds. The Morgan fingerprint density at radius 2 is 1.95 bits per heavy atom. The summed E-state index contributed by atoms with van der Waals surface area (Å²) in [6.45, 7) is 1.90. The Labute approximate surface area is 125 Å². The third-order valence-corrected chi connectivity index (χ3v) is 2.99. The molecule has 0 saturated carbocycles. The number of rotatable bonds is 3. The van der Waals surface area contributed by atoms with Crippen LogP contribution in [0.15, 0.2) is 53.5 Å². The molecule has 2 heterocycles. The van der Waals surface area contributed by atoms with Crippen molar-refractivity contribution in [2.75, 3.05) is 5.32 Å². The monoisotopic (exact) mass is 295 g/mol. The lowest BCUT2D eigenvalue weighted by Gasteiger charge is -2.01. The van der Waals surface area contributed by atoms with E-state index in [1.807, 2.05) is 19.1 Å². The molecule has 0 fully saturated rings. The van der Waals surface area contributed by atoms with Crippen molar-refractivity contribution in [1.82, 2.24) is 19.7 Å². The van der Waals surface area contributed by atoms with Crippen LogP contribution in [0.4, 0.5) is 5.82 Å². The van der Waals surface area contributed by atoms with E-state index in [1.165, 1.54) is 0 Å². The molecule has 0 saturated heterocycles. The SMILES string of the molecule is Cc1ccc(NC(=O)c2nn(-c3ccccc3)c(=O)[nH]2)nc1. The summed E-state index contributed by atoms with van der Waals surface area (Å²) in [5, 5.41) is 6.58. The van der Waals surface area contributed by atoms with Crippen molar-refractivity contribution in [3.05, 3.63) is 70.5 Å². The molecule has 0 bridgehead atoms. The summed E-state index contributed by atoms with van der Waals surface area (Å²) < 4.78 is 1.14. The number of carbonyl (C=O) groups excluding carboxylic acids is 1. The van der Waals surface area contributed by atoms with Crippen LogP contribution >= 0.6 is 0 Å². The standard InChI is InChI=1S/C15H13N5O2/c1-10-7-8-12(16-9-10)17-14(21)13-18-15(22)20(19-13)11-5-3-2-4-6-11/h2-9H,1H3,(H,16,17,21)(H,18,19,22). The van der Waals surface area contributed by atoms with Gasteiger partial charge in [-0.05, 0) is 30.7 Å². The lowest BCUT2D eigenvalue weighted by Crippen LogP contribution is -2.16. The van der Waals surface area contributed by atoms with Gasteiger partial charge in [0.05, 0.1) is 5.69 Å². The Morgan fingerprint density at radius 3 is 2.64 bits per heavy atom. The molecule has 7 heteroatoms. The van der Waals surface area contributed by atoms with Gasteiger partial charge in [-0.15, -0.1) is 5.10 Å². The van der Waals surface area contributed by atoms with E-state index in [1.54, 1.807) is 36.5 Å². The molecule has 3 rings (SSSR count). The Morgan fingerprint density at radius 1 is 1.18 bits per heavy atom. The van der Waals surface area contributed by atoms with Gasteiger partial charge in [0.25, 0.3) is 5.91 Å². The second-order valence-electron chi connectivity index (χ2n) is 4.70. The predicted octanol–water partition coefficient (Wildman–Crippen LogP) is 1.52. The first-order valence-corrected chi connectivity index (χ1v) is 6.62. The minimum absolute atomic E-state index is 0.0729. The van der Waals surface area contributed by atoms with E-state index in [2.05, 4.69) is 20.4 Å². The average molecular weight is 295 g/mol. The number of aryl methyl sites for hydroxylation is 1. The number of hydrogen-bond acceptors (Lipinski definition) is 4. The number of H-pyrrole nitrogens is 1. The Kier molecular flexibility index (Phi) is 3.53. The van der Waals surface area contributed by atoms with Crippen molar-refractivity contribution in [3.8, 4) is 5.69 Å². The first-order chi connectivity index (χ1) is 10.6. The molecule has 0 unspecified atom stereocenters. The molecule has 0 aliphatic rings. The van der Waals surface area contributed by atoms with Crippen LogP contribution in [0.5, 0.6) is 0 Å². The summed E-state index contributed by atoms with van der Waals surface area (Å²) in [6, 6.07) is 12.4. The highest BCUT2D eigenvalue weighted by Gasteiger charge is 2.14. The van der Waals surface area contributed by atoms with Crippen molar-refractivity contribution < 1.29 is 4.79 Å². The van der Waals surface area contributed by atoms with Crippen LogP contribution in [0, 0.1) is 6.92 Å². The smallest absolute Gasteiger partial charge is 0.304 e. The molecular formula is C15H13N5O2. The number of hydrogen-bond donors (Lipinski definition) is 2. The van der Waals surface area contributed by atoms with Gasteiger partial charge in [-0.2, -0.15) is 4.68 Å². The molecule has 7 nitrogen and oxygen atoms in total. The van der Waals surface area contributed by atoms with E-state index < -0.39 is 11.6 Å². The van der Waals surface area contributed by atoms with Crippen molar-refractivity contribution in [2.45, 2.75) is 6.92 Å². The highest BCUT2D eigenvalue weighted by molar-refractivity contribution is 6.00. The van der Waals surface area contributed by atoms with E-state index in [9.17, 15) is 9.59 Å². The van der Waals surface area contributed by atoms with Crippen molar-refractivity contribution in [3.63, 3.8) is 0 Å². The number of carbonyl (C=O) groups is 1. The van der Waals surface area contributed by atoms with Gasteiger partial charge >= 0.3 is 5.69 Å². The van der Waals surface area contributed by atoms with Crippen LogP contribution in [-0.4, -0.2) is 25.7 Å². The van der Waals surface area contributed by atoms with Gasteiger partial charge in [-0.3, -0.25) is 9.78 Å². The van der Waals surface area contributed by atoms with Crippen LogP contribution in [-0.2, 0) is 0 Å². The fraction of sp³-hybridized carbons (Fsp3) is 0.0667. The molecule has 0 aliphatic carbocycles. The summed E-state index contributed by atoms with van der Waals surface area (Å²) in [4.78, 5) is 30.5. The summed E-state index contributed by atoms with van der Waals surface area (Å²) in [7, 11) is 0. The second kappa shape index (κ2) is 5.65. The van der Waals surface area contributed by atoms with Crippen molar-refractivity contribution in [1.29, 1.82) is 0 Å². The molecule has 2 N–H and O–H groups in total. The Balaban J connectivity index is 1.85.